The number of thioether (sulfide) groups is 1. The molecule has 54 valence electrons. The van der Waals surface area contributed by atoms with Gasteiger partial charge in [0.2, 0.25) is 0 Å². The minimum atomic E-state index is 0.684. The molecule has 0 aliphatic carbocycles. The highest BCUT2D eigenvalue weighted by Crippen LogP contribution is 2.14. The van der Waals surface area contributed by atoms with Crippen molar-refractivity contribution in [3.05, 3.63) is 22.4 Å². The first-order chi connectivity index (χ1) is 4.84. The summed E-state index contributed by atoms with van der Waals surface area (Å²) in [7, 11) is 0. The molecule has 1 heterocycles. The highest BCUT2D eigenvalue weighted by atomic mass is 32.2. The number of nitrogens with one attached hydrogen (secondary N) is 1. The summed E-state index contributed by atoms with van der Waals surface area (Å²) in [6.07, 6.45) is 0. The second kappa shape index (κ2) is 3.78. The third-order valence-electron chi connectivity index (χ3n) is 1.07. The van der Waals surface area contributed by atoms with Crippen LogP contribution in [0.15, 0.2) is 16.8 Å². The van der Waals surface area contributed by atoms with E-state index in [9.17, 15) is 0 Å². The smallest absolute Gasteiger partial charge is 0.0950 e. The van der Waals surface area contributed by atoms with Crippen LogP contribution in [-0.4, -0.2) is 10.8 Å². The summed E-state index contributed by atoms with van der Waals surface area (Å²) >= 11 is 3.22. The predicted octanol–water partition coefficient (Wildman–Crippen LogP) is 2.83. The Morgan fingerprint density at radius 3 is 3.10 bits per heavy atom. The lowest BCUT2D eigenvalue weighted by Crippen LogP contribution is -1.89. The van der Waals surface area contributed by atoms with Crippen LogP contribution >= 0.6 is 23.1 Å². The zero-order valence-corrected chi connectivity index (χ0v) is 7.39. The van der Waals surface area contributed by atoms with E-state index < -0.39 is 0 Å². The molecule has 1 aromatic heterocycles. The van der Waals surface area contributed by atoms with E-state index >= 15 is 0 Å². The van der Waals surface area contributed by atoms with Crippen LogP contribution in [0, 0.1) is 5.41 Å². The van der Waals surface area contributed by atoms with Crippen molar-refractivity contribution in [1.29, 1.82) is 5.41 Å². The van der Waals surface area contributed by atoms with Crippen molar-refractivity contribution in [3.63, 3.8) is 0 Å². The fourth-order valence-electron chi connectivity index (χ4n) is 0.621. The summed E-state index contributed by atoms with van der Waals surface area (Å²) < 4.78 is 0. The van der Waals surface area contributed by atoms with Crippen LogP contribution in [0.3, 0.4) is 0 Å². The molecule has 0 amide bonds. The molecule has 0 atom stereocenters. The molecule has 1 rings (SSSR count). The topological polar surface area (TPSA) is 23.9 Å². The van der Waals surface area contributed by atoms with E-state index in [0.29, 0.717) is 5.04 Å². The van der Waals surface area contributed by atoms with Gasteiger partial charge in [-0.15, -0.1) is 11.8 Å². The molecule has 0 fully saturated rings. The second-order valence-electron chi connectivity index (χ2n) is 1.77. The van der Waals surface area contributed by atoms with E-state index in [1.807, 2.05) is 16.8 Å². The largest absolute Gasteiger partial charge is 0.293 e. The molecule has 1 nitrogen and oxygen atoms in total. The molecule has 3 heteroatoms. The molecule has 0 radical (unpaired) electrons. The van der Waals surface area contributed by atoms with Crippen molar-refractivity contribution < 1.29 is 0 Å². The van der Waals surface area contributed by atoms with Gasteiger partial charge in [-0.2, -0.15) is 11.3 Å². The van der Waals surface area contributed by atoms with Crippen LogP contribution in [0.25, 0.3) is 0 Å². The Morgan fingerprint density at radius 2 is 2.60 bits per heavy atom. The van der Waals surface area contributed by atoms with Crippen LogP contribution in [0.5, 0.6) is 0 Å². The fraction of sp³-hybridized carbons (Fsp3) is 0.286. The summed E-state index contributed by atoms with van der Waals surface area (Å²) in [5.74, 6) is 0.981. The van der Waals surface area contributed by atoms with Gasteiger partial charge in [0.05, 0.1) is 5.04 Å². The molecule has 0 saturated heterocycles. The van der Waals surface area contributed by atoms with Crippen molar-refractivity contribution in [2.45, 2.75) is 6.92 Å². The molecule has 10 heavy (non-hydrogen) atoms. The van der Waals surface area contributed by atoms with E-state index in [-0.39, 0.29) is 0 Å². The van der Waals surface area contributed by atoms with Gasteiger partial charge in [-0.3, -0.25) is 5.41 Å². The first kappa shape index (κ1) is 7.82. The first-order valence-corrected chi connectivity index (χ1v) is 5.01. The summed E-state index contributed by atoms with van der Waals surface area (Å²) in [5.41, 5.74) is 1.05. The van der Waals surface area contributed by atoms with E-state index in [1.54, 1.807) is 23.1 Å². The maximum atomic E-state index is 7.52. The monoisotopic (exact) mass is 171 g/mol. The van der Waals surface area contributed by atoms with Gasteiger partial charge < -0.3 is 0 Å². The van der Waals surface area contributed by atoms with E-state index in [1.165, 1.54) is 0 Å². The minimum Gasteiger partial charge on any atom is -0.293 e. The molecule has 0 saturated carbocycles. The summed E-state index contributed by atoms with van der Waals surface area (Å²) in [4.78, 5) is 0. The zero-order valence-electron chi connectivity index (χ0n) is 5.76. The maximum absolute atomic E-state index is 7.52. The van der Waals surface area contributed by atoms with Gasteiger partial charge in [0.15, 0.2) is 0 Å². The molecular formula is C7H9NS2. The fourth-order valence-corrected chi connectivity index (χ4v) is 1.93. The Labute approximate surface area is 69.0 Å². The minimum absolute atomic E-state index is 0.684. The van der Waals surface area contributed by atoms with Gasteiger partial charge in [-0.1, -0.05) is 6.92 Å². The maximum Gasteiger partial charge on any atom is 0.0950 e. The van der Waals surface area contributed by atoms with Gasteiger partial charge >= 0.3 is 0 Å². The highest BCUT2D eigenvalue weighted by Gasteiger charge is 1.98. The molecule has 1 N–H and O–H groups in total. The quantitative estimate of drug-likeness (QED) is 0.537. The molecule has 0 aromatic carbocycles. The lowest BCUT2D eigenvalue weighted by Gasteiger charge is -1.95. The van der Waals surface area contributed by atoms with Crippen LogP contribution in [0.4, 0.5) is 0 Å². The Kier molecular flexibility index (Phi) is 2.96. The van der Waals surface area contributed by atoms with Gasteiger partial charge in [0.25, 0.3) is 0 Å². The van der Waals surface area contributed by atoms with Crippen molar-refractivity contribution in [2.24, 2.45) is 0 Å². The van der Waals surface area contributed by atoms with Crippen LogP contribution in [0.1, 0.15) is 12.5 Å². The van der Waals surface area contributed by atoms with Crippen molar-refractivity contribution in [1.82, 2.24) is 0 Å². The standard InChI is InChI=1S/C7H9NS2/c1-2-10-7(8)6-3-4-9-5-6/h3-5,8H,2H2,1H3. The average Bonchev–Trinajstić information content (AvgIpc) is 2.38. The Morgan fingerprint density at radius 1 is 1.80 bits per heavy atom. The van der Waals surface area contributed by atoms with Crippen molar-refractivity contribution in [3.8, 4) is 0 Å². The molecule has 0 unspecified atom stereocenters. The zero-order chi connectivity index (χ0) is 7.40. The second-order valence-corrected chi connectivity index (χ2v) is 3.83. The van der Waals surface area contributed by atoms with Gasteiger partial charge in [-0.05, 0) is 17.2 Å². The average molecular weight is 171 g/mol. The lowest BCUT2D eigenvalue weighted by atomic mass is 10.4. The first-order valence-electron chi connectivity index (χ1n) is 3.08. The SMILES string of the molecule is CCSC(=N)c1ccsc1. The highest BCUT2D eigenvalue weighted by molar-refractivity contribution is 8.14. The number of rotatable bonds is 2. The molecule has 0 aliphatic heterocycles. The van der Waals surface area contributed by atoms with Crippen LogP contribution in [-0.2, 0) is 0 Å². The number of hydrogen-bond donors (Lipinski definition) is 1. The molecular weight excluding hydrogens is 162 g/mol. The molecule has 0 aliphatic rings. The van der Waals surface area contributed by atoms with Gasteiger partial charge in [-0.25, -0.2) is 0 Å². The molecule has 0 bridgehead atoms. The molecule has 0 spiro atoms. The predicted molar refractivity (Wildman–Crippen MR) is 49.3 cm³/mol. The summed E-state index contributed by atoms with van der Waals surface area (Å²) in [6, 6.07) is 1.98. The van der Waals surface area contributed by atoms with Crippen LogP contribution in [0.2, 0.25) is 0 Å². The van der Waals surface area contributed by atoms with Crippen molar-refractivity contribution in [2.75, 3.05) is 5.75 Å². The van der Waals surface area contributed by atoms with Gasteiger partial charge in [0, 0.05) is 10.9 Å². The number of thiophene rings is 1. The lowest BCUT2D eigenvalue weighted by molar-refractivity contribution is 1.51. The molecule has 1 aromatic rings. The van der Waals surface area contributed by atoms with Crippen LogP contribution < -0.4 is 0 Å². The summed E-state index contributed by atoms with van der Waals surface area (Å²) in [6.45, 7) is 2.06. The van der Waals surface area contributed by atoms with Gasteiger partial charge in [0.1, 0.15) is 0 Å². The third-order valence-corrected chi connectivity index (χ3v) is 2.57. The normalized spacial score (nSPS) is 9.70. The van der Waals surface area contributed by atoms with E-state index in [4.69, 9.17) is 5.41 Å². The Balaban J connectivity index is 2.59. The summed E-state index contributed by atoms with van der Waals surface area (Å²) in [5, 5.41) is 12.2. The van der Waals surface area contributed by atoms with Crippen molar-refractivity contribution >= 4 is 28.1 Å². The third kappa shape index (κ3) is 1.85. The van der Waals surface area contributed by atoms with E-state index in [2.05, 4.69) is 6.92 Å². The number of hydrogen-bond acceptors (Lipinski definition) is 3. The Bertz CT molecular complexity index is 203. The Hall–Kier alpha value is -0.280. The van der Waals surface area contributed by atoms with E-state index in [0.717, 1.165) is 11.3 Å².